The molecule has 0 aromatic carbocycles. The van der Waals surface area contributed by atoms with Crippen LogP contribution in [0.25, 0.3) is 0 Å². The van der Waals surface area contributed by atoms with Gasteiger partial charge in [-0.3, -0.25) is 14.5 Å². The predicted molar refractivity (Wildman–Crippen MR) is 126 cm³/mol. The molecule has 3 atom stereocenters. The van der Waals surface area contributed by atoms with Crippen molar-refractivity contribution < 1.29 is 23.9 Å². The molecule has 8 heteroatoms. The Morgan fingerprint density at radius 3 is 2.33 bits per heavy atom. The standard InChI is InChI=1S/C25H43N3O5/c1-7-26-21(29)19-15-18(16-27(19)23(31)33-24(2,3)4)28(22(30)20-9-8-14-32-20)17-10-12-25(5,6)13-11-17/h17-20H,7-16H2,1-6H3,(H,26,29)/t18-,19-,20-/m0/s1. The van der Waals surface area contributed by atoms with Gasteiger partial charge in [-0.25, -0.2) is 4.79 Å². The van der Waals surface area contributed by atoms with E-state index in [2.05, 4.69) is 19.2 Å². The number of likely N-dealkylation sites (N-methyl/N-ethyl adjacent to an activating group) is 1. The van der Waals surface area contributed by atoms with E-state index in [1.165, 1.54) is 4.90 Å². The molecule has 0 bridgehead atoms. The fourth-order valence-electron chi connectivity index (χ4n) is 5.34. The number of carbonyl (C=O) groups excluding carboxylic acids is 3. The van der Waals surface area contributed by atoms with Crippen LogP contribution in [0.4, 0.5) is 4.79 Å². The quantitative estimate of drug-likeness (QED) is 0.672. The summed E-state index contributed by atoms with van der Waals surface area (Å²) in [6.07, 6.45) is 5.08. The smallest absolute Gasteiger partial charge is 0.411 e. The van der Waals surface area contributed by atoms with Crippen molar-refractivity contribution in [2.75, 3.05) is 19.7 Å². The molecule has 2 aliphatic heterocycles. The minimum atomic E-state index is -0.664. The highest BCUT2D eigenvalue weighted by Crippen LogP contribution is 2.39. The van der Waals surface area contributed by atoms with Crippen LogP contribution in [0.2, 0.25) is 0 Å². The van der Waals surface area contributed by atoms with E-state index >= 15 is 0 Å². The molecular formula is C25H43N3O5. The lowest BCUT2D eigenvalue weighted by Gasteiger charge is -2.43. The van der Waals surface area contributed by atoms with Gasteiger partial charge < -0.3 is 19.7 Å². The number of hydrogen-bond donors (Lipinski definition) is 1. The molecule has 1 saturated carbocycles. The van der Waals surface area contributed by atoms with Crippen LogP contribution >= 0.6 is 0 Å². The highest BCUT2D eigenvalue weighted by Gasteiger charge is 2.48. The molecule has 0 aromatic rings. The first kappa shape index (κ1) is 25.8. The average molecular weight is 466 g/mol. The molecule has 2 saturated heterocycles. The van der Waals surface area contributed by atoms with E-state index in [0.717, 1.165) is 38.5 Å². The molecular weight excluding hydrogens is 422 g/mol. The van der Waals surface area contributed by atoms with Crippen LogP contribution in [-0.2, 0) is 19.1 Å². The van der Waals surface area contributed by atoms with Crippen molar-refractivity contribution in [2.24, 2.45) is 5.41 Å². The number of rotatable bonds is 5. The van der Waals surface area contributed by atoms with Crippen molar-refractivity contribution >= 4 is 17.9 Å². The van der Waals surface area contributed by atoms with Gasteiger partial charge in [0.2, 0.25) is 5.91 Å². The van der Waals surface area contributed by atoms with Crippen molar-refractivity contribution in [3.05, 3.63) is 0 Å². The second kappa shape index (κ2) is 10.2. The summed E-state index contributed by atoms with van der Waals surface area (Å²) in [7, 11) is 0. The number of carbonyl (C=O) groups is 3. The second-order valence-electron chi connectivity index (χ2n) is 11.6. The first-order chi connectivity index (χ1) is 15.4. The molecule has 0 unspecified atom stereocenters. The molecule has 3 amide bonds. The van der Waals surface area contributed by atoms with Gasteiger partial charge in [0.15, 0.2) is 0 Å². The molecule has 8 nitrogen and oxygen atoms in total. The lowest BCUT2D eigenvalue weighted by atomic mass is 9.75. The van der Waals surface area contributed by atoms with Crippen LogP contribution in [-0.4, -0.2) is 77.2 Å². The Bertz CT molecular complexity index is 716. The number of ether oxygens (including phenoxy) is 2. The monoisotopic (exact) mass is 465 g/mol. The van der Waals surface area contributed by atoms with E-state index in [0.29, 0.717) is 26.1 Å². The summed E-state index contributed by atoms with van der Waals surface area (Å²) in [6.45, 7) is 13.3. The SMILES string of the molecule is CCNC(=O)[C@@H]1C[C@H](N(C(=O)[C@@H]2CCCO2)C2CCC(C)(C)CC2)CN1C(=O)OC(C)(C)C. The summed E-state index contributed by atoms with van der Waals surface area (Å²) < 4.78 is 11.4. The van der Waals surface area contributed by atoms with Crippen LogP contribution in [0, 0.1) is 5.41 Å². The maximum Gasteiger partial charge on any atom is 0.411 e. The topological polar surface area (TPSA) is 88.2 Å². The Balaban J connectivity index is 1.85. The summed E-state index contributed by atoms with van der Waals surface area (Å²) in [6, 6.07) is -0.772. The van der Waals surface area contributed by atoms with E-state index < -0.39 is 23.8 Å². The summed E-state index contributed by atoms with van der Waals surface area (Å²) >= 11 is 0. The first-order valence-electron chi connectivity index (χ1n) is 12.6. The number of nitrogens with one attached hydrogen (secondary N) is 1. The van der Waals surface area contributed by atoms with E-state index in [1.54, 1.807) is 0 Å². The van der Waals surface area contributed by atoms with E-state index in [4.69, 9.17) is 9.47 Å². The van der Waals surface area contributed by atoms with Gasteiger partial charge in [-0.05, 0) is 78.1 Å². The molecule has 0 radical (unpaired) electrons. The van der Waals surface area contributed by atoms with Gasteiger partial charge in [-0.15, -0.1) is 0 Å². The maximum atomic E-state index is 13.7. The van der Waals surface area contributed by atoms with Crippen LogP contribution in [0.3, 0.4) is 0 Å². The van der Waals surface area contributed by atoms with E-state index in [9.17, 15) is 14.4 Å². The van der Waals surface area contributed by atoms with Crippen molar-refractivity contribution in [2.45, 2.75) is 116 Å². The summed E-state index contributed by atoms with van der Waals surface area (Å²) in [5.41, 5.74) is -0.389. The third kappa shape index (κ3) is 6.40. The van der Waals surface area contributed by atoms with Gasteiger partial charge in [0.25, 0.3) is 5.91 Å². The zero-order chi connectivity index (χ0) is 24.4. The minimum absolute atomic E-state index is 0.0166. The Morgan fingerprint density at radius 1 is 1.12 bits per heavy atom. The Kier molecular flexibility index (Phi) is 7.97. The van der Waals surface area contributed by atoms with Crippen molar-refractivity contribution in [3.63, 3.8) is 0 Å². The second-order valence-corrected chi connectivity index (χ2v) is 11.6. The number of amides is 3. The first-order valence-corrected chi connectivity index (χ1v) is 12.6. The Morgan fingerprint density at radius 2 is 1.79 bits per heavy atom. The highest BCUT2D eigenvalue weighted by molar-refractivity contribution is 5.87. The molecule has 3 rings (SSSR count). The molecule has 0 spiro atoms. The van der Waals surface area contributed by atoms with Gasteiger partial charge in [0.1, 0.15) is 17.7 Å². The predicted octanol–water partition coefficient (Wildman–Crippen LogP) is 3.48. The number of nitrogens with zero attached hydrogens (tertiary/aromatic N) is 2. The molecule has 33 heavy (non-hydrogen) atoms. The zero-order valence-electron chi connectivity index (χ0n) is 21.3. The molecule has 188 valence electrons. The summed E-state index contributed by atoms with van der Waals surface area (Å²) in [5, 5.41) is 2.85. The Hall–Kier alpha value is -1.83. The van der Waals surface area contributed by atoms with Crippen LogP contribution < -0.4 is 5.32 Å². The van der Waals surface area contributed by atoms with Gasteiger partial charge in [-0.1, -0.05) is 13.8 Å². The van der Waals surface area contributed by atoms with Crippen molar-refractivity contribution in [1.29, 1.82) is 0 Å². The third-order valence-electron chi connectivity index (χ3n) is 7.12. The molecule has 1 N–H and O–H groups in total. The van der Waals surface area contributed by atoms with E-state index in [1.807, 2.05) is 32.6 Å². The van der Waals surface area contributed by atoms with Gasteiger partial charge >= 0.3 is 6.09 Å². The fourth-order valence-corrected chi connectivity index (χ4v) is 5.34. The summed E-state index contributed by atoms with van der Waals surface area (Å²) in [5.74, 6) is -0.178. The minimum Gasteiger partial charge on any atom is -0.444 e. The third-order valence-corrected chi connectivity index (χ3v) is 7.12. The zero-order valence-corrected chi connectivity index (χ0v) is 21.3. The average Bonchev–Trinajstić information content (AvgIpc) is 3.38. The van der Waals surface area contributed by atoms with Crippen molar-refractivity contribution in [3.8, 4) is 0 Å². The Labute approximate surface area is 198 Å². The maximum absolute atomic E-state index is 13.7. The van der Waals surface area contributed by atoms with Crippen LogP contribution in [0.1, 0.15) is 86.5 Å². The number of hydrogen-bond acceptors (Lipinski definition) is 5. The molecule has 3 fully saturated rings. The van der Waals surface area contributed by atoms with Crippen LogP contribution in [0.5, 0.6) is 0 Å². The largest absolute Gasteiger partial charge is 0.444 e. The molecule has 3 aliphatic rings. The molecule has 0 aromatic heterocycles. The van der Waals surface area contributed by atoms with Gasteiger partial charge in [-0.2, -0.15) is 0 Å². The van der Waals surface area contributed by atoms with Gasteiger partial charge in [0.05, 0.1) is 6.04 Å². The van der Waals surface area contributed by atoms with E-state index in [-0.39, 0.29) is 29.3 Å². The van der Waals surface area contributed by atoms with Gasteiger partial charge in [0, 0.05) is 25.7 Å². The molecule has 1 aliphatic carbocycles. The molecule has 2 heterocycles. The lowest BCUT2D eigenvalue weighted by Crippen LogP contribution is -2.53. The highest BCUT2D eigenvalue weighted by atomic mass is 16.6. The fraction of sp³-hybridized carbons (Fsp3) is 0.880. The van der Waals surface area contributed by atoms with Crippen LogP contribution in [0.15, 0.2) is 0 Å². The van der Waals surface area contributed by atoms with Crippen molar-refractivity contribution in [1.82, 2.24) is 15.1 Å². The normalized spacial score (nSPS) is 27.9. The lowest BCUT2D eigenvalue weighted by molar-refractivity contribution is -0.147. The number of likely N-dealkylation sites (tertiary alicyclic amines) is 1. The summed E-state index contributed by atoms with van der Waals surface area (Å²) in [4.78, 5) is 43.1.